The second-order valence-corrected chi connectivity index (χ2v) is 8.64. The van der Waals surface area contributed by atoms with Crippen LogP contribution >= 0.6 is 35.3 Å². The van der Waals surface area contributed by atoms with Crippen LogP contribution in [0.3, 0.4) is 0 Å². The van der Waals surface area contributed by atoms with Crippen LogP contribution in [0, 0.1) is 6.92 Å². The van der Waals surface area contributed by atoms with Gasteiger partial charge in [0.1, 0.15) is 11.3 Å². The maximum atomic E-state index is 13.2. The molecule has 0 aliphatic rings. The summed E-state index contributed by atoms with van der Waals surface area (Å²) in [5.74, 6) is 0.553. The van der Waals surface area contributed by atoms with Crippen molar-refractivity contribution in [2.24, 2.45) is 0 Å². The first-order valence-electron chi connectivity index (χ1n) is 10.2. The molecule has 4 rings (SSSR count). The molecule has 0 saturated carbocycles. The lowest BCUT2D eigenvalue weighted by Gasteiger charge is -2.18. The number of anilines is 1. The van der Waals surface area contributed by atoms with Crippen LogP contribution in [-0.4, -0.2) is 34.1 Å². The number of carbonyl (C=O) groups is 1. The number of nitrogens with zero attached hydrogens (tertiary/aromatic N) is 4. The van der Waals surface area contributed by atoms with Crippen LogP contribution in [0.1, 0.15) is 17.5 Å². The van der Waals surface area contributed by atoms with E-state index in [4.69, 9.17) is 21.3 Å². The molecular formula is C24H24Cl2N4O2S. The molecule has 0 N–H and O–H groups in total. The quantitative estimate of drug-likeness (QED) is 0.276. The van der Waals surface area contributed by atoms with E-state index in [2.05, 4.69) is 4.98 Å². The van der Waals surface area contributed by atoms with Gasteiger partial charge >= 0.3 is 0 Å². The number of halogens is 2. The highest BCUT2D eigenvalue weighted by atomic mass is 35.5. The number of carbonyl (C=O) groups excluding carboxylic acids is 1. The lowest BCUT2D eigenvalue weighted by atomic mass is 10.2. The van der Waals surface area contributed by atoms with E-state index >= 15 is 0 Å². The van der Waals surface area contributed by atoms with Crippen molar-refractivity contribution in [3.8, 4) is 5.75 Å². The van der Waals surface area contributed by atoms with Gasteiger partial charge < -0.3 is 9.30 Å². The summed E-state index contributed by atoms with van der Waals surface area (Å²) in [5.41, 5.74) is 2.67. The van der Waals surface area contributed by atoms with E-state index in [9.17, 15) is 4.79 Å². The van der Waals surface area contributed by atoms with Gasteiger partial charge in [0.25, 0.3) is 5.91 Å². The van der Waals surface area contributed by atoms with Crippen molar-refractivity contribution in [1.29, 1.82) is 0 Å². The van der Waals surface area contributed by atoms with Gasteiger partial charge in [-0.25, -0.2) is 9.97 Å². The van der Waals surface area contributed by atoms with E-state index in [0.717, 1.165) is 34.3 Å². The van der Waals surface area contributed by atoms with Crippen molar-refractivity contribution in [3.05, 3.63) is 77.3 Å². The van der Waals surface area contributed by atoms with Crippen LogP contribution in [0.5, 0.6) is 5.75 Å². The van der Waals surface area contributed by atoms with Crippen LogP contribution in [-0.2, 0) is 11.3 Å². The molecule has 0 aliphatic heterocycles. The number of hydrogen-bond donors (Lipinski definition) is 0. The first kappa shape index (κ1) is 24.8. The number of ether oxygens (including phenoxy) is 1. The fourth-order valence-corrected chi connectivity index (χ4v) is 4.65. The number of benzene rings is 2. The van der Waals surface area contributed by atoms with Gasteiger partial charge in [0.15, 0.2) is 5.13 Å². The normalized spacial score (nSPS) is 11.0. The molecule has 0 atom stereocenters. The zero-order valence-corrected chi connectivity index (χ0v) is 20.7. The summed E-state index contributed by atoms with van der Waals surface area (Å²) in [6.45, 7) is 3.31. The fraction of sp³-hybridized carbons (Fsp3) is 0.208. The minimum Gasteiger partial charge on any atom is -0.494 e. The molecule has 1 amide bonds. The summed E-state index contributed by atoms with van der Waals surface area (Å²) in [7, 11) is 1.63. The van der Waals surface area contributed by atoms with Crippen LogP contribution in [0.15, 0.2) is 61.2 Å². The maximum absolute atomic E-state index is 13.2. The number of methoxy groups -OCH3 is 1. The topological polar surface area (TPSA) is 60.2 Å². The molecule has 2 heterocycles. The summed E-state index contributed by atoms with van der Waals surface area (Å²) in [4.78, 5) is 23.8. The lowest BCUT2D eigenvalue weighted by Crippen LogP contribution is -2.30. The van der Waals surface area contributed by atoms with Crippen LogP contribution < -0.4 is 9.64 Å². The highest BCUT2D eigenvalue weighted by Gasteiger charge is 2.20. The molecule has 0 unspecified atom stereocenters. The Kier molecular flexibility index (Phi) is 8.49. The van der Waals surface area contributed by atoms with Gasteiger partial charge in [-0.3, -0.25) is 9.69 Å². The fourth-order valence-electron chi connectivity index (χ4n) is 3.37. The van der Waals surface area contributed by atoms with E-state index in [-0.39, 0.29) is 18.3 Å². The third kappa shape index (κ3) is 5.74. The number of rotatable bonds is 8. The van der Waals surface area contributed by atoms with Crippen molar-refractivity contribution in [3.63, 3.8) is 0 Å². The Bertz CT molecular complexity index is 1250. The molecule has 172 valence electrons. The van der Waals surface area contributed by atoms with Gasteiger partial charge in [-0.2, -0.15) is 0 Å². The van der Waals surface area contributed by atoms with Gasteiger partial charge in [0.05, 0.1) is 18.1 Å². The second-order valence-electron chi connectivity index (χ2n) is 7.26. The van der Waals surface area contributed by atoms with Gasteiger partial charge in [-0.1, -0.05) is 47.2 Å². The van der Waals surface area contributed by atoms with E-state index in [1.54, 1.807) is 42.8 Å². The monoisotopic (exact) mass is 502 g/mol. The Morgan fingerprint density at radius 3 is 2.82 bits per heavy atom. The second kappa shape index (κ2) is 11.3. The molecule has 0 radical (unpaired) electrons. The number of aryl methyl sites for hydroxylation is 2. The van der Waals surface area contributed by atoms with Crippen molar-refractivity contribution in [1.82, 2.24) is 14.5 Å². The van der Waals surface area contributed by atoms with E-state index in [1.807, 2.05) is 48.0 Å². The molecule has 0 spiro atoms. The number of aromatic nitrogens is 3. The van der Waals surface area contributed by atoms with Crippen LogP contribution in [0.2, 0.25) is 5.02 Å². The number of imidazole rings is 1. The molecule has 0 saturated heterocycles. The van der Waals surface area contributed by atoms with Gasteiger partial charge in [0, 0.05) is 36.6 Å². The smallest absolute Gasteiger partial charge is 0.252 e. The minimum absolute atomic E-state index is 0. The summed E-state index contributed by atoms with van der Waals surface area (Å²) in [6, 6.07) is 11.3. The standard InChI is InChI=1S/C24H23ClN4O2S.ClH/c1-17-8-10-20(31-2)22-23(17)32-24(27-22)29(14-5-13-28-15-12-26-16-28)21(30)11-9-18-6-3-4-7-19(18)25;/h3-4,6-12,15-16H,5,13-14H2,1-2H3;1H/b11-9+;. The first-order chi connectivity index (χ1) is 15.6. The molecule has 9 heteroatoms. The lowest BCUT2D eigenvalue weighted by molar-refractivity contribution is -0.114. The molecular weight excluding hydrogens is 479 g/mol. The van der Waals surface area contributed by atoms with E-state index in [1.165, 1.54) is 11.3 Å². The molecule has 33 heavy (non-hydrogen) atoms. The number of amides is 1. The Hall–Kier alpha value is -2.87. The first-order valence-corrected chi connectivity index (χ1v) is 11.4. The van der Waals surface area contributed by atoms with Gasteiger partial charge in [-0.15, -0.1) is 12.4 Å². The van der Waals surface area contributed by atoms with E-state index in [0.29, 0.717) is 22.4 Å². The van der Waals surface area contributed by atoms with Gasteiger partial charge in [-0.05, 0) is 42.7 Å². The molecule has 0 bridgehead atoms. The third-order valence-electron chi connectivity index (χ3n) is 5.08. The van der Waals surface area contributed by atoms with Crippen molar-refractivity contribution >= 4 is 62.7 Å². The highest BCUT2D eigenvalue weighted by Crippen LogP contribution is 2.36. The Balaban J connectivity index is 0.00000306. The zero-order valence-electron chi connectivity index (χ0n) is 18.3. The number of hydrogen-bond acceptors (Lipinski definition) is 5. The Morgan fingerprint density at radius 1 is 1.27 bits per heavy atom. The molecule has 0 aliphatic carbocycles. The largest absolute Gasteiger partial charge is 0.494 e. The SMILES string of the molecule is COc1ccc(C)c2sc(N(CCCn3ccnc3)C(=O)/C=C/c3ccccc3Cl)nc12.Cl. The summed E-state index contributed by atoms with van der Waals surface area (Å²) in [5, 5.41) is 1.25. The van der Waals surface area contributed by atoms with Crippen molar-refractivity contribution < 1.29 is 9.53 Å². The zero-order chi connectivity index (χ0) is 22.5. The molecule has 2 aromatic heterocycles. The van der Waals surface area contributed by atoms with Crippen LogP contribution in [0.25, 0.3) is 16.3 Å². The van der Waals surface area contributed by atoms with Crippen molar-refractivity contribution in [2.45, 2.75) is 19.9 Å². The molecule has 6 nitrogen and oxygen atoms in total. The average molecular weight is 503 g/mol. The summed E-state index contributed by atoms with van der Waals surface area (Å²) < 4.78 is 8.50. The van der Waals surface area contributed by atoms with Crippen molar-refractivity contribution in [2.75, 3.05) is 18.6 Å². The third-order valence-corrected chi connectivity index (χ3v) is 6.63. The summed E-state index contributed by atoms with van der Waals surface area (Å²) in [6.07, 6.45) is 9.48. The predicted molar refractivity (Wildman–Crippen MR) is 138 cm³/mol. The predicted octanol–water partition coefficient (Wildman–Crippen LogP) is 6.02. The molecule has 4 aromatic rings. The van der Waals surface area contributed by atoms with Crippen LogP contribution in [0.4, 0.5) is 5.13 Å². The Labute approximate surface area is 207 Å². The summed E-state index contributed by atoms with van der Waals surface area (Å²) >= 11 is 7.74. The van der Waals surface area contributed by atoms with E-state index < -0.39 is 0 Å². The van der Waals surface area contributed by atoms with Gasteiger partial charge in [0.2, 0.25) is 0 Å². The highest BCUT2D eigenvalue weighted by molar-refractivity contribution is 7.22. The maximum Gasteiger partial charge on any atom is 0.252 e. The number of thiazole rings is 1. The Morgan fingerprint density at radius 2 is 2.09 bits per heavy atom. The average Bonchev–Trinajstić information content (AvgIpc) is 3.47. The number of fused-ring (bicyclic) bond motifs is 1. The minimum atomic E-state index is -0.147. The molecule has 0 fully saturated rings. The molecule has 2 aromatic carbocycles.